The molecule has 2 aliphatic rings. The first-order valence-electron chi connectivity index (χ1n) is 7.20. The average molecular weight is 224 g/mol. The van der Waals surface area contributed by atoms with Gasteiger partial charge in [-0.2, -0.15) is 0 Å². The molecule has 0 aromatic heterocycles. The summed E-state index contributed by atoms with van der Waals surface area (Å²) in [6, 6.07) is 1.64. The van der Waals surface area contributed by atoms with Crippen molar-refractivity contribution >= 4 is 0 Å². The highest BCUT2D eigenvalue weighted by Gasteiger charge is 2.31. The van der Waals surface area contributed by atoms with E-state index < -0.39 is 0 Å². The van der Waals surface area contributed by atoms with Gasteiger partial charge in [-0.05, 0) is 51.7 Å². The predicted octanol–water partition coefficient (Wildman–Crippen LogP) is 2.59. The third-order valence-corrected chi connectivity index (χ3v) is 4.88. The first-order chi connectivity index (χ1) is 7.72. The van der Waals surface area contributed by atoms with Gasteiger partial charge in [0.25, 0.3) is 0 Å². The van der Waals surface area contributed by atoms with E-state index >= 15 is 0 Å². The van der Waals surface area contributed by atoms with Gasteiger partial charge >= 0.3 is 0 Å². The van der Waals surface area contributed by atoms with Crippen molar-refractivity contribution in [3.8, 4) is 0 Å². The Bertz CT molecular complexity index is 217. The summed E-state index contributed by atoms with van der Waals surface area (Å²) in [4.78, 5) is 5.48. The first kappa shape index (κ1) is 12.4. The van der Waals surface area contributed by atoms with Crippen LogP contribution in [0.1, 0.15) is 46.5 Å². The molecule has 94 valence electrons. The molecule has 2 saturated heterocycles. The summed E-state index contributed by atoms with van der Waals surface area (Å²) in [5.41, 5.74) is 0. The van der Waals surface area contributed by atoms with Crippen LogP contribution >= 0.6 is 0 Å². The minimum absolute atomic E-state index is 0.769. The zero-order valence-electron chi connectivity index (χ0n) is 11.3. The van der Waals surface area contributed by atoms with Gasteiger partial charge in [0.2, 0.25) is 0 Å². The molecule has 2 heterocycles. The molecule has 0 aliphatic carbocycles. The second kappa shape index (κ2) is 5.50. The van der Waals surface area contributed by atoms with Crippen LogP contribution in [0.4, 0.5) is 0 Å². The van der Waals surface area contributed by atoms with Gasteiger partial charge < -0.3 is 0 Å². The van der Waals surface area contributed by atoms with Crippen molar-refractivity contribution in [2.75, 3.05) is 26.2 Å². The smallest absolute Gasteiger partial charge is 0.0223 e. The number of fused-ring (bicyclic) bond motifs is 1. The summed E-state index contributed by atoms with van der Waals surface area (Å²) in [7, 11) is 0. The third-order valence-electron chi connectivity index (χ3n) is 4.88. The summed E-state index contributed by atoms with van der Waals surface area (Å²) >= 11 is 0. The molecular weight excluding hydrogens is 196 g/mol. The minimum atomic E-state index is 0.769. The number of nitrogens with zero attached hydrogens (tertiary/aromatic N) is 2. The minimum Gasteiger partial charge on any atom is -0.299 e. The molecule has 0 aromatic carbocycles. The van der Waals surface area contributed by atoms with E-state index in [0.717, 1.165) is 18.0 Å². The van der Waals surface area contributed by atoms with Crippen LogP contribution in [0, 0.1) is 5.92 Å². The van der Waals surface area contributed by atoms with Crippen LogP contribution in [0.2, 0.25) is 0 Å². The second-order valence-corrected chi connectivity index (χ2v) is 5.81. The standard InChI is InChI=1S/C14H28N2/c1-4-12(2)13(3)16-10-6-9-15-8-5-7-14(15)11-16/h12-14H,4-11H2,1-3H3. The van der Waals surface area contributed by atoms with Crippen LogP contribution < -0.4 is 0 Å². The van der Waals surface area contributed by atoms with Gasteiger partial charge in [0.15, 0.2) is 0 Å². The normalized spacial score (nSPS) is 32.1. The molecule has 0 amide bonds. The van der Waals surface area contributed by atoms with Crippen molar-refractivity contribution in [1.82, 2.24) is 9.80 Å². The fourth-order valence-corrected chi connectivity index (χ4v) is 3.31. The quantitative estimate of drug-likeness (QED) is 0.727. The van der Waals surface area contributed by atoms with E-state index in [1.165, 1.54) is 51.9 Å². The Morgan fingerprint density at radius 2 is 1.88 bits per heavy atom. The van der Waals surface area contributed by atoms with E-state index in [9.17, 15) is 0 Å². The highest BCUT2D eigenvalue weighted by Crippen LogP contribution is 2.24. The number of hydrogen-bond donors (Lipinski definition) is 0. The molecule has 2 heteroatoms. The molecule has 0 N–H and O–H groups in total. The molecule has 3 unspecified atom stereocenters. The lowest BCUT2D eigenvalue weighted by Crippen LogP contribution is -2.43. The lowest BCUT2D eigenvalue weighted by molar-refractivity contribution is 0.143. The predicted molar refractivity (Wildman–Crippen MR) is 69.7 cm³/mol. The maximum absolute atomic E-state index is 2.75. The van der Waals surface area contributed by atoms with Crippen LogP contribution in [0.5, 0.6) is 0 Å². The Balaban J connectivity index is 1.94. The topological polar surface area (TPSA) is 6.48 Å². The second-order valence-electron chi connectivity index (χ2n) is 5.81. The van der Waals surface area contributed by atoms with Gasteiger partial charge in [0.1, 0.15) is 0 Å². The molecular formula is C14H28N2. The van der Waals surface area contributed by atoms with Crippen molar-refractivity contribution in [3.05, 3.63) is 0 Å². The van der Waals surface area contributed by atoms with E-state index in [-0.39, 0.29) is 0 Å². The van der Waals surface area contributed by atoms with E-state index in [0.29, 0.717) is 0 Å². The lowest BCUT2D eigenvalue weighted by Gasteiger charge is -2.33. The van der Waals surface area contributed by atoms with E-state index in [1.807, 2.05) is 0 Å². The highest BCUT2D eigenvalue weighted by atomic mass is 15.3. The molecule has 16 heavy (non-hydrogen) atoms. The van der Waals surface area contributed by atoms with E-state index in [4.69, 9.17) is 0 Å². The Morgan fingerprint density at radius 1 is 1.12 bits per heavy atom. The molecule has 2 aliphatic heterocycles. The maximum Gasteiger partial charge on any atom is 0.0223 e. The van der Waals surface area contributed by atoms with Crippen molar-refractivity contribution in [2.45, 2.75) is 58.5 Å². The summed E-state index contributed by atoms with van der Waals surface area (Å²) < 4.78 is 0. The van der Waals surface area contributed by atoms with E-state index in [2.05, 4.69) is 30.6 Å². The number of hydrogen-bond acceptors (Lipinski definition) is 2. The van der Waals surface area contributed by atoms with Crippen LogP contribution in [0.15, 0.2) is 0 Å². The molecule has 2 rings (SSSR count). The van der Waals surface area contributed by atoms with Crippen molar-refractivity contribution in [3.63, 3.8) is 0 Å². The molecule has 0 bridgehead atoms. The summed E-state index contributed by atoms with van der Waals surface area (Å²) in [6.45, 7) is 12.5. The molecule has 3 atom stereocenters. The molecule has 0 saturated carbocycles. The highest BCUT2D eigenvalue weighted by molar-refractivity contribution is 4.87. The van der Waals surface area contributed by atoms with Gasteiger partial charge in [0.05, 0.1) is 0 Å². The van der Waals surface area contributed by atoms with Crippen molar-refractivity contribution in [2.24, 2.45) is 5.92 Å². The Hall–Kier alpha value is -0.0800. The molecule has 0 radical (unpaired) electrons. The first-order valence-corrected chi connectivity index (χ1v) is 7.20. The Labute approximate surface area is 101 Å². The Morgan fingerprint density at radius 3 is 2.62 bits per heavy atom. The third kappa shape index (κ3) is 2.60. The van der Waals surface area contributed by atoms with Crippen molar-refractivity contribution < 1.29 is 0 Å². The summed E-state index contributed by atoms with van der Waals surface area (Å²) in [5.74, 6) is 0.841. The van der Waals surface area contributed by atoms with Gasteiger partial charge in [-0.25, -0.2) is 0 Å². The maximum atomic E-state index is 2.75. The van der Waals surface area contributed by atoms with Crippen molar-refractivity contribution in [1.29, 1.82) is 0 Å². The van der Waals surface area contributed by atoms with Gasteiger partial charge in [-0.1, -0.05) is 20.3 Å². The SMILES string of the molecule is CCC(C)C(C)N1CCCN2CCCC2C1. The fraction of sp³-hybridized carbons (Fsp3) is 1.00. The average Bonchev–Trinajstić information content (AvgIpc) is 2.64. The van der Waals surface area contributed by atoms with Crippen LogP contribution in [-0.4, -0.2) is 48.1 Å². The largest absolute Gasteiger partial charge is 0.299 e. The number of rotatable bonds is 3. The molecule has 2 nitrogen and oxygen atoms in total. The molecule has 0 spiro atoms. The van der Waals surface area contributed by atoms with Crippen LogP contribution in [-0.2, 0) is 0 Å². The molecule has 0 aromatic rings. The fourth-order valence-electron chi connectivity index (χ4n) is 3.31. The Kier molecular flexibility index (Phi) is 4.26. The van der Waals surface area contributed by atoms with E-state index in [1.54, 1.807) is 0 Å². The monoisotopic (exact) mass is 224 g/mol. The lowest BCUT2D eigenvalue weighted by atomic mass is 9.98. The van der Waals surface area contributed by atoms with Gasteiger partial charge in [0, 0.05) is 18.6 Å². The van der Waals surface area contributed by atoms with Gasteiger partial charge in [-0.3, -0.25) is 9.80 Å². The molecule has 2 fully saturated rings. The summed E-state index contributed by atoms with van der Waals surface area (Å²) in [5, 5.41) is 0. The summed E-state index contributed by atoms with van der Waals surface area (Å²) in [6.07, 6.45) is 5.54. The zero-order chi connectivity index (χ0) is 11.5. The van der Waals surface area contributed by atoms with Gasteiger partial charge in [-0.15, -0.1) is 0 Å². The zero-order valence-corrected chi connectivity index (χ0v) is 11.3. The van der Waals surface area contributed by atoms with Crippen LogP contribution in [0.25, 0.3) is 0 Å². The van der Waals surface area contributed by atoms with Crippen LogP contribution in [0.3, 0.4) is 0 Å².